The number of carbonyl (C=O) groups is 1. The van der Waals surface area contributed by atoms with Crippen molar-refractivity contribution in [2.75, 3.05) is 19.7 Å². The Hall–Kier alpha value is -1.55. The molecular weight excluding hydrogens is 264 g/mol. The van der Waals surface area contributed by atoms with Gasteiger partial charge in [-0.2, -0.15) is 0 Å². The van der Waals surface area contributed by atoms with Gasteiger partial charge in [0.15, 0.2) is 0 Å². The molecule has 3 rings (SSSR count). The van der Waals surface area contributed by atoms with Crippen LogP contribution in [-0.4, -0.2) is 25.6 Å². The average molecular weight is 288 g/mol. The highest BCUT2D eigenvalue weighted by Crippen LogP contribution is 2.36. The second kappa shape index (κ2) is 6.06. The fourth-order valence-corrected chi connectivity index (χ4v) is 3.49. The van der Waals surface area contributed by atoms with Crippen LogP contribution in [0.15, 0.2) is 24.3 Å². The summed E-state index contributed by atoms with van der Waals surface area (Å²) in [5, 5.41) is 3.12. The monoisotopic (exact) mass is 288 g/mol. The molecule has 1 heterocycles. The van der Waals surface area contributed by atoms with E-state index in [-0.39, 0.29) is 17.2 Å². The highest BCUT2D eigenvalue weighted by atomic mass is 16.5. The van der Waals surface area contributed by atoms with E-state index in [2.05, 4.69) is 5.32 Å². The minimum Gasteiger partial charge on any atom is -0.492 e. The number of fused-ring (bicyclic) bond motifs is 1. The van der Waals surface area contributed by atoms with E-state index in [1.807, 2.05) is 24.3 Å². The molecular formula is C17H24N2O2. The van der Waals surface area contributed by atoms with Gasteiger partial charge >= 0.3 is 0 Å². The molecule has 1 aromatic carbocycles. The van der Waals surface area contributed by atoms with Gasteiger partial charge in [0, 0.05) is 6.54 Å². The number of carbonyl (C=O) groups excluding carboxylic acids is 1. The van der Waals surface area contributed by atoms with Crippen molar-refractivity contribution in [1.29, 1.82) is 0 Å². The number of benzene rings is 1. The molecule has 4 nitrogen and oxygen atoms in total. The van der Waals surface area contributed by atoms with Crippen LogP contribution in [0.1, 0.15) is 31.2 Å². The third-order valence-electron chi connectivity index (χ3n) is 4.98. The van der Waals surface area contributed by atoms with E-state index in [0.717, 1.165) is 30.6 Å². The zero-order chi connectivity index (χ0) is 14.7. The summed E-state index contributed by atoms with van der Waals surface area (Å²) in [6, 6.07) is 7.95. The number of hydrogen-bond donors (Lipinski definition) is 2. The predicted molar refractivity (Wildman–Crippen MR) is 82.1 cm³/mol. The maximum atomic E-state index is 12.4. The lowest BCUT2D eigenvalue weighted by Crippen LogP contribution is -2.44. The van der Waals surface area contributed by atoms with Crippen LogP contribution in [-0.2, 0) is 11.2 Å². The molecule has 2 aliphatic rings. The van der Waals surface area contributed by atoms with Crippen molar-refractivity contribution in [3.63, 3.8) is 0 Å². The topological polar surface area (TPSA) is 64.3 Å². The maximum absolute atomic E-state index is 12.4. The second-order valence-electron chi connectivity index (χ2n) is 6.45. The van der Waals surface area contributed by atoms with Crippen LogP contribution in [0.5, 0.6) is 5.75 Å². The van der Waals surface area contributed by atoms with Gasteiger partial charge in [-0.1, -0.05) is 31.0 Å². The Bertz CT molecular complexity index is 509. The minimum atomic E-state index is -0.0869. The normalized spacial score (nSPS) is 23.2. The van der Waals surface area contributed by atoms with Gasteiger partial charge in [-0.15, -0.1) is 0 Å². The molecule has 0 spiro atoms. The van der Waals surface area contributed by atoms with Crippen LogP contribution in [0, 0.1) is 11.3 Å². The van der Waals surface area contributed by atoms with E-state index >= 15 is 0 Å². The summed E-state index contributed by atoms with van der Waals surface area (Å²) in [4.78, 5) is 12.4. The van der Waals surface area contributed by atoms with Crippen molar-refractivity contribution in [1.82, 2.24) is 5.32 Å². The molecule has 1 fully saturated rings. The molecule has 0 radical (unpaired) electrons. The first-order valence-corrected chi connectivity index (χ1v) is 7.91. The van der Waals surface area contributed by atoms with Crippen molar-refractivity contribution >= 4 is 5.91 Å². The molecule has 3 N–H and O–H groups in total. The van der Waals surface area contributed by atoms with Gasteiger partial charge in [0.05, 0.1) is 5.92 Å². The van der Waals surface area contributed by atoms with E-state index in [4.69, 9.17) is 10.5 Å². The Kier molecular flexibility index (Phi) is 4.15. The Labute approximate surface area is 126 Å². The number of hydrogen-bond acceptors (Lipinski definition) is 3. The number of nitrogens with one attached hydrogen (secondary N) is 1. The SMILES string of the molecule is NCC1(CNC(=O)C2COc3ccccc3C2)CCCC1. The van der Waals surface area contributed by atoms with Gasteiger partial charge in [0.25, 0.3) is 0 Å². The molecule has 1 unspecified atom stereocenters. The Balaban J connectivity index is 1.57. The highest BCUT2D eigenvalue weighted by Gasteiger charge is 2.34. The van der Waals surface area contributed by atoms with Gasteiger partial charge in [-0.3, -0.25) is 4.79 Å². The van der Waals surface area contributed by atoms with Crippen LogP contribution in [0.25, 0.3) is 0 Å². The van der Waals surface area contributed by atoms with Crippen LogP contribution in [0.3, 0.4) is 0 Å². The smallest absolute Gasteiger partial charge is 0.226 e. The Morgan fingerprint density at radius 2 is 2.10 bits per heavy atom. The lowest BCUT2D eigenvalue weighted by atomic mass is 9.86. The van der Waals surface area contributed by atoms with E-state index in [1.54, 1.807) is 0 Å². The van der Waals surface area contributed by atoms with E-state index < -0.39 is 0 Å². The minimum absolute atomic E-state index is 0.0869. The van der Waals surface area contributed by atoms with E-state index in [9.17, 15) is 4.79 Å². The fourth-order valence-electron chi connectivity index (χ4n) is 3.49. The molecule has 1 amide bonds. The number of para-hydroxylation sites is 1. The summed E-state index contributed by atoms with van der Waals surface area (Å²) in [6.07, 6.45) is 5.49. The van der Waals surface area contributed by atoms with Crippen LogP contribution in [0.2, 0.25) is 0 Å². The zero-order valence-electron chi connectivity index (χ0n) is 12.4. The molecule has 4 heteroatoms. The van der Waals surface area contributed by atoms with Crippen LogP contribution < -0.4 is 15.8 Å². The summed E-state index contributed by atoms with van der Waals surface area (Å²) in [5.74, 6) is 0.927. The third kappa shape index (κ3) is 3.05. The lowest BCUT2D eigenvalue weighted by molar-refractivity contribution is -0.126. The summed E-state index contributed by atoms with van der Waals surface area (Å²) >= 11 is 0. The number of nitrogens with two attached hydrogens (primary N) is 1. The van der Waals surface area contributed by atoms with Crippen molar-refractivity contribution in [3.8, 4) is 5.75 Å². The largest absolute Gasteiger partial charge is 0.492 e. The third-order valence-corrected chi connectivity index (χ3v) is 4.98. The van der Waals surface area contributed by atoms with Gasteiger partial charge in [-0.25, -0.2) is 0 Å². The van der Waals surface area contributed by atoms with Crippen molar-refractivity contribution < 1.29 is 9.53 Å². The van der Waals surface area contributed by atoms with Gasteiger partial charge in [-0.05, 0) is 42.9 Å². The number of amides is 1. The molecule has 1 aliphatic heterocycles. The Morgan fingerprint density at radius 3 is 2.86 bits per heavy atom. The standard InChI is InChI=1S/C17H24N2O2/c18-11-17(7-3-4-8-17)12-19-16(20)14-9-13-5-1-2-6-15(13)21-10-14/h1-2,5-6,14H,3-4,7-12,18H2,(H,19,20). The first-order chi connectivity index (χ1) is 10.2. The summed E-state index contributed by atoms with van der Waals surface area (Å²) in [5.41, 5.74) is 7.17. The van der Waals surface area contributed by atoms with Crippen molar-refractivity contribution in [2.45, 2.75) is 32.1 Å². The maximum Gasteiger partial charge on any atom is 0.226 e. The molecule has 1 aromatic rings. The van der Waals surface area contributed by atoms with Gasteiger partial charge in [0.1, 0.15) is 12.4 Å². The molecule has 114 valence electrons. The lowest BCUT2D eigenvalue weighted by Gasteiger charge is -2.29. The van der Waals surface area contributed by atoms with Gasteiger partial charge < -0.3 is 15.8 Å². The van der Waals surface area contributed by atoms with E-state index in [1.165, 1.54) is 12.8 Å². The first kappa shape index (κ1) is 14.4. The van der Waals surface area contributed by atoms with Crippen LogP contribution >= 0.6 is 0 Å². The Morgan fingerprint density at radius 1 is 1.33 bits per heavy atom. The summed E-state index contributed by atoms with van der Waals surface area (Å²) in [6.45, 7) is 1.84. The summed E-state index contributed by atoms with van der Waals surface area (Å²) < 4.78 is 5.69. The molecule has 21 heavy (non-hydrogen) atoms. The van der Waals surface area contributed by atoms with Crippen molar-refractivity contribution in [2.24, 2.45) is 17.1 Å². The summed E-state index contributed by atoms with van der Waals surface area (Å²) in [7, 11) is 0. The second-order valence-corrected chi connectivity index (χ2v) is 6.45. The molecule has 0 bridgehead atoms. The molecule has 0 aromatic heterocycles. The predicted octanol–water partition coefficient (Wildman–Crippen LogP) is 1.87. The average Bonchev–Trinajstić information content (AvgIpc) is 3.01. The quantitative estimate of drug-likeness (QED) is 0.889. The number of rotatable bonds is 4. The van der Waals surface area contributed by atoms with Gasteiger partial charge in [0.2, 0.25) is 5.91 Å². The van der Waals surface area contributed by atoms with Crippen molar-refractivity contribution in [3.05, 3.63) is 29.8 Å². The van der Waals surface area contributed by atoms with Crippen LogP contribution in [0.4, 0.5) is 0 Å². The molecule has 0 saturated heterocycles. The van der Waals surface area contributed by atoms with E-state index in [0.29, 0.717) is 19.7 Å². The fraction of sp³-hybridized carbons (Fsp3) is 0.588. The zero-order valence-corrected chi connectivity index (χ0v) is 12.4. The number of ether oxygens (including phenoxy) is 1. The molecule has 1 atom stereocenters. The first-order valence-electron chi connectivity index (χ1n) is 7.91. The molecule has 1 aliphatic carbocycles. The highest BCUT2D eigenvalue weighted by molar-refractivity contribution is 5.79. The molecule has 1 saturated carbocycles.